The van der Waals surface area contributed by atoms with Crippen molar-refractivity contribution in [1.29, 1.82) is 0 Å². The summed E-state index contributed by atoms with van der Waals surface area (Å²) in [4.78, 5) is 19.3. The molecular weight excluding hydrogens is 442 g/mol. The van der Waals surface area contributed by atoms with E-state index < -0.39 is 0 Å². The highest BCUT2D eigenvalue weighted by molar-refractivity contribution is 5.85. The van der Waals surface area contributed by atoms with E-state index in [-0.39, 0.29) is 6.04 Å². The number of ether oxygens (including phenoxy) is 2. The normalized spacial score (nSPS) is 17.9. The van der Waals surface area contributed by atoms with Gasteiger partial charge in [-0.1, -0.05) is 12.1 Å². The predicted octanol–water partition coefficient (Wildman–Crippen LogP) is 3.37. The molecule has 0 spiro atoms. The maximum Gasteiger partial charge on any atom is 0.208 e. The zero-order valence-corrected chi connectivity index (χ0v) is 21.1. The highest BCUT2D eigenvalue weighted by Gasteiger charge is 2.29. The first-order chi connectivity index (χ1) is 17.1. The molecule has 0 radical (unpaired) electrons. The topological polar surface area (TPSA) is 80.6 Å². The minimum atomic E-state index is 0.258. The molecule has 4 heterocycles. The lowest BCUT2D eigenvalue weighted by Crippen LogP contribution is -2.49. The van der Waals surface area contributed by atoms with E-state index in [9.17, 15) is 0 Å². The molecule has 1 N–H and O–H groups in total. The van der Waals surface area contributed by atoms with Gasteiger partial charge in [0.1, 0.15) is 12.1 Å². The molecule has 9 nitrogen and oxygen atoms in total. The number of morpholine rings is 1. The Morgan fingerprint density at radius 2 is 1.80 bits per heavy atom. The van der Waals surface area contributed by atoms with Crippen LogP contribution in [0.5, 0.6) is 5.75 Å². The summed E-state index contributed by atoms with van der Waals surface area (Å²) in [5, 5.41) is 3.50. The average molecular weight is 480 g/mol. The van der Waals surface area contributed by atoms with E-state index in [0.29, 0.717) is 6.04 Å². The molecular formula is C26H37N7O2. The van der Waals surface area contributed by atoms with Gasteiger partial charge in [0, 0.05) is 44.8 Å². The van der Waals surface area contributed by atoms with Crippen LogP contribution in [0.3, 0.4) is 0 Å². The van der Waals surface area contributed by atoms with Crippen molar-refractivity contribution in [3.05, 3.63) is 36.2 Å². The molecule has 0 saturated carbocycles. The number of nitrogens with one attached hydrogen (secondary N) is 1. The summed E-state index contributed by atoms with van der Waals surface area (Å²) < 4.78 is 13.1. The number of piperidine rings is 1. The quantitative estimate of drug-likeness (QED) is 0.527. The van der Waals surface area contributed by atoms with Crippen LogP contribution in [0.15, 0.2) is 30.6 Å². The molecule has 9 heteroatoms. The van der Waals surface area contributed by atoms with Gasteiger partial charge in [-0.3, -0.25) is 9.47 Å². The van der Waals surface area contributed by atoms with Crippen LogP contribution in [0, 0.1) is 0 Å². The highest BCUT2D eigenvalue weighted by Crippen LogP contribution is 2.31. The van der Waals surface area contributed by atoms with Crippen molar-refractivity contribution in [3.8, 4) is 5.75 Å². The Bertz CT molecular complexity index is 1100. The number of methoxy groups -OCH3 is 1. The van der Waals surface area contributed by atoms with Crippen molar-refractivity contribution in [2.24, 2.45) is 0 Å². The number of imidazole rings is 1. The summed E-state index contributed by atoms with van der Waals surface area (Å²) in [7, 11) is 1.69. The second-order valence-corrected chi connectivity index (χ2v) is 9.66. The fourth-order valence-corrected chi connectivity index (χ4v) is 5.22. The lowest BCUT2D eigenvalue weighted by molar-refractivity contribution is 0.0114. The van der Waals surface area contributed by atoms with E-state index in [0.717, 1.165) is 93.9 Å². The van der Waals surface area contributed by atoms with Gasteiger partial charge in [-0.15, -0.1) is 0 Å². The average Bonchev–Trinajstić information content (AvgIpc) is 3.31. The summed E-state index contributed by atoms with van der Waals surface area (Å²) in [6.45, 7) is 11.0. The van der Waals surface area contributed by atoms with Crippen LogP contribution in [-0.2, 0) is 11.2 Å². The maximum atomic E-state index is 5.54. The fourth-order valence-electron chi connectivity index (χ4n) is 5.22. The van der Waals surface area contributed by atoms with Crippen molar-refractivity contribution in [2.45, 2.75) is 45.2 Å². The molecule has 2 aromatic heterocycles. The molecule has 5 rings (SSSR count). The molecule has 2 fully saturated rings. The lowest BCUT2D eigenvalue weighted by atomic mass is 10.0. The number of rotatable bonds is 8. The zero-order chi connectivity index (χ0) is 24.2. The van der Waals surface area contributed by atoms with Gasteiger partial charge in [0.05, 0.1) is 20.3 Å². The van der Waals surface area contributed by atoms with Gasteiger partial charge in [-0.2, -0.15) is 0 Å². The van der Waals surface area contributed by atoms with Gasteiger partial charge in [-0.25, -0.2) is 15.0 Å². The van der Waals surface area contributed by atoms with Gasteiger partial charge in [0.2, 0.25) is 5.95 Å². The first-order valence-corrected chi connectivity index (χ1v) is 12.8. The maximum absolute atomic E-state index is 5.54. The van der Waals surface area contributed by atoms with E-state index in [4.69, 9.17) is 14.5 Å². The molecule has 0 amide bonds. The summed E-state index contributed by atoms with van der Waals surface area (Å²) in [5.74, 6) is 2.68. The van der Waals surface area contributed by atoms with Gasteiger partial charge < -0.3 is 19.7 Å². The van der Waals surface area contributed by atoms with Crippen LogP contribution < -0.4 is 15.0 Å². The zero-order valence-electron chi connectivity index (χ0n) is 21.1. The minimum absolute atomic E-state index is 0.258. The molecule has 3 aromatic rings. The number of nitrogens with zero attached hydrogens (tertiary/aromatic N) is 6. The first kappa shape index (κ1) is 23.8. The molecule has 0 unspecified atom stereocenters. The highest BCUT2D eigenvalue weighted by atomic mass is 16.5. The first-order valence-electron chi connectivity index (χ1n) is 12.8. The molecule has 2 aliphatic heterocycles. The number of hydrogen-bond donors (Lipinski definition) is 1. The molecule has 35 heavy (non-hydrogen) atoms. The van der Waals surface area contributed by atoms with E-state index in [1.807, 2.05) is 12.1 Å². The lowest BCUT2D eigenvalue weighted by Gasteiger charge is -2.40. The molecule has 1 aromatic carbocycles. The second kappa shape index (κ2) is 10.8. The van der Waals surface area contributed by atoms with E-state index in [2.05, 4.69) is 55.6 Å². The Morgan fingerprint density at radius 3 is 2.49 bits per heavy atom. The predicted molar refractivity (Wildman–Crippen MR) is 139 cm³/mol. The Labute approximate surface area is 207 Å². The summed E-state index contributed by atoms with van der Waals surface area (Å²) in [6, 6.07) is 9.09. The molecule has 0 bridgehead atoms. The number of benzene rings is 1. The van der Waals surface area contributed by atoms with Crippen molar-refractivity contribution >= 4 is 22.9 Å². The Hall–Kier alpha value is -2.91. The summed E-state index contributed by atoms with van der Waals surface area (Å²) in [6.07, 6.45) is 4.84. The standard InChI is InChI=1S/C26H37N7O2/c1-19(2)33-25-23(24(28-18-29-25)27-11-8-20-4-6-22(34-3)7-5-20)30-26(33)32-12-9-21(10-13-32)31-14-16-35-17-15-31/h4-7,18-19,21H,8-17H2,1-3H3,(H,27,28,29). The van der Waals surface area contributed by atoms with Gasteiger partial charge in [0.15, 0.2) is 17.0 Å². The van der Waals surface area contributed by atoms with Crippen molar-refractivity contribution < 1.29 is 9.47 Å². The van der Waals surface area contributed by atoms with Crippen LogP contribution in [0.1, 0.15) is 38.3 Å². The monoisotopic (exact) mass is 479 g/mol. The Kier molecular flexibility index (Phi) is 7.34. The number of fused-ring (bicyclic) bond motifs is 1. The summed E-state index contributed by atoms with van der Waals surface area (Å²) >= 11 is 0. The third kappa shape index (κ3) is 5.21. The number of aromatic nitrogens is 4. The van der Waals surface area contributed by atoms with Crippen LogP contribution in [0.2, 0.25) is 0 Å². The molecule has 0 atom stereocenters. The summed E-state index contributed by atoms with van der Waals surface area (Å²) in [5.41, 5.74) is 2.99. The SMILES string of the molecule is COc1ccc(CCNc2ncnc3c2nc(N2CCC(N4CCOCC4)CC2)n3C(C)C)cc1. The Balaban J connectivity index is 1.30. The third-order valence-electron chi connectivity index (χ3n) is 7.15. The van der Waals surface area contributed by atoms with E-state index in [1.54, 1.807) is 13.4 Å². The van der Waals surface area contributed by atoms with E-state index >= 15 is 0 Å². The van der Waals surface area contributed by atoms with Gasteiger partial charge >= 0.3 is 0 Å². The third-order valence-corrected chi connectivity index (χ3v) is 7.15. The molecule has 2 saturated heterocycles. The number of anilines is 2. The largest absolute Gasteiger partial charge is 0.497 e. The van der Waals surface area contributed by atoms with Gasteiger partial charge in [-0.05, 0) is 50.8 Å². The van der Waals surface area contributed by atoms with Crippen molar-refractivity contribution in [1.82, 2.24) is 24.4 Å². The number of hydrogen-bond acceptors (Lipinski definition) is 8. The molecule has 0 aliphatic carbocycles. The second-order valence-electron chi connectivity index (χ2n) is 9.66. The van der Waals surface area contributed by atoms with Gasteiger partial charge in [0.25, 0.3) is 0 Å². The Morgan fingerprint density at radius 1 is 1.06 bits per heavy atom. The smallest absolute Gasteiger partial charge is 0.208 e. The van der Waals surface area contributed by atoms with Crippen molar-refractivity contribution in [3.63, 3.8) is 0 Å². The fraction of sp³-hybridized carbons (Fsp3) is 0.577. The van der Waals surface area contributed by atoms with Crippen LogP contribution >= 0.6 is 0 Å². The molecule has 2 aliphatic rings. The van der Waals surface area contributed by atoms with E-state index in [1.165, 1.54) is 5.56 Å². The van der Waals surface area contributed by atoms with Crippen molar-refractivity contribution in [2.75, 3.05) is 63.3 Å². The van der Waals surface area contributed by atoms with Crippen LogP contribution in [0.4, 0.5) is 11.8 Å². The molecule has 188 valence electrons. The minimum Gasteiger partial charge on any atom is -0.497 e. The van der Waals surface area contributed by atoms with Crippen LogP contribution in [-0.4, -0.2) is 83.5 Å². The van der Waals surface area contributed by atoms with Crippen LogP contribution in [0.25, 0.3) is 11.2 Å².